The third kappa shape index (κ3) is 3.66. The van der Waals surface area contributed by atoms with Crippen LogP contribution in [0, 0.1) is 11.3 Å². The van der Waals surface area contributed by atoms with Crippen molar-refractivity contribution < 1.29 is 9.84 Å². The molecule has 0 heterocycles. The Labute approximate surface area is 118 Å². The van der Waals surface area contributed by atoms with E-state index in [-0.39, 0.29) is 18.4 Å². The van der Waals surface area contributed by atoms with Crippen molar-refractivity contribution in [3.8, 4) is 17.6 Å². The van der Waals surface area contributed by atoms with Gasteiger partial charge in [-0.25, -0.2) is 0 Å². The highest BCUT2D eigenvalue weighted by atomic mass is 16.5. The molecule has 0 aromatic heterocycles. The molecule has 102 valence electrons. The molecule has 2 N–H and O–H groups in total. The molecule has 20 heavy (non-hydrogen) atoms. The normalized spacial score (nSPS) is 11.4. The van der Waals surface area contributed by atoms with Crippen LogP contribution in [0.3, 0.4) is 0 Å². The summed E-state index contributed by atoms with van der Waals surface area (Å²) in [7, 11) is 0. The van der Waals surface area contributed by atoms with Gasteiger partial charge in [-0.05, 0) is 48.9 Å². The molecule has 0 saturated carbocycles. The van der Waals surface area contributed by atoms with Gasteiger partial charge < -0.3 is 15.2 Å². The van der Waals surface area contributed by atoms with Crippen molar-refractivity contribution >= 4 is 5.69 Å². The van der Waals surface area contributed by atoms with Crippen molar-refractivity contribution in [1.29, 1.82) is 5.26 Å². The largest absolute Gasteiger partial charge is 0.508 e. The fourth-order valence-electron chi connectivity index (χ4n) is 1.86. The number of nitrogens with zero attached hydrogens (tertiary/aromatic N) is 1. The lowest BCUT2D eigenvalue weighted by Gasteiger charge is -2.16. The summed E-state index contributed by atoms with van der Waals surface area (Å²) in [5.74, 6) is 0.939. The van der Waals surface area contributed by atoms with Gasteiger partial charge in [0.2, 0.25) is 0 Å². The number of nitriles is 1. The first-order valence-corrected chi connectivity index (χ1v) is 6.34. The van der Waals surface area contributed by atoms with Gasteiger partial charge in [-0.2, -0.15) is 5.26 Å². The Hall–Kier alpha value is -2.67. The molecule has 1 unspecified atom stereocenters. The van der Waals surface area contributed by atoms with Crippen LogP contribution in [0.5, 0.6) is 11.5 Å². The van der Waals surface area contributed by atoms with Crippen LogP contribution in [0.4, 0.5) is 5.69 Å². The number of anilines is 1. The molecule has 0 aliphatic rings. The van der Waals surface area contributed by atoms with E-state index in [9.17, 15) is 5.11 Å². The van der Waals surface area contributed by atoms with E-state index in [1.165, 1.54) is 0 Å². The maximum absolute atomic E-state index is 9.24. The smallest absolute Gasteiger partial charge is 0.174 e. The fraction of sp³-hybridized carbons (Fsp3) is 0.188. The van der Waals surface area contributed by atoms with Gasteiger partial charge in [-0.15, -0.1) is 0 Å². The highest BCUT2D eigenvalue weighted by Crippen LogP contribution is 2.22. The van der Waals surface area contributed by atoms with Gasteiger partial charge in [0.15, 0.2) is 6.61 Å². The van der Waals surface area contributed by atoms with Gasteiger partial charge >= 0.3 is 0 Å². The average molecular weight is 268 g/mol. The van der Waals surface area contributed by atoms with Crippen LogP contribution in [0.1, 0.15) is 18.5 Å². The van der Waals surface area contributed by atoms with E-state index in [0.29, 0.717) is 5.75 Å². The number of benzene rings is 2. The number of hydrogen-bond acceptors (Lipinski definition) is 4. The molecule has 0 radical (unpaired) electrons. The summed E-state index contributed by atoms with van der Waals surface area (Å²) in [6, 6.07) is 16.6. The Morgan fingerprint density at radius 1 is 1.15 bits per heavy atom. The highest BCUT2D eigenvalue weighted by Gasteiger charge is 2.05. The third-order valence-electron chi connectivity index (χ3n) is 2.93. The molecule has 0 saturated heterocycles. The zero-order chi connectivity index (χ0) is 14.4. The summed E-state index contributed by atoms with van der Waals surface area (Å²) in [6.07, 6.45) is 0. The molecule has 1 atom stereocenters. The molecular formula is C16H16N2O2. The maximum atomic E-state index is 9.24. The van der Waals surface area contributed by atoms with E-state index < -0.39 is 0 Å². The summed E-state index contributed by atoms with van der Waals surface area (Å²) < 4.78 is 5.21. The topological polar surface area (TPSA) is 65.3 Å². The number of ether oxygens (including phenoxy) is 1. The van der Waals surface area contributed by atoms with Crippen molar-refractivity contribution in [2.75, 3.05) is 11.9 Å². The minimum atomic E-state index is 0.0562. The summed E-state index contributed by atoms with van der Waals surface area (Å²) in [6.45, 7) is 2.11. The second-order valence-corrected chi connectivity index (χ2v) is 4.43. The van der Waals surface area contributed by atoms with Crippen LogP contribution in [-0.4, -0.2) is 11.7 Å². The number of hydrogen-bond donors (Lipinski definition) is 2. The monoisotopic (exact) mass is 268 g/mol. The van der Waals surface area contributed by atoms with Crippen molar-refractivity contribution in [1.82, 2.24) is 0 Å². The van der Waals surface area contributed by atoms with Crippen molar-refractivity contribution in [3.05, 3.63) is 54.1 Å². The number of nitrogens with one attached hydrogen (secondary N) is 1. The second kappa shape index (κ2) is 6.48. The van der Waals surface area contributed by atoms with Gasteiger partial charge in [0.05, 0.1) is 0 Å². The standard InChI is InChI=1S/C16H16N2O2/c1-12(18-14-4-6-15(19)7-5-14)13-2-8-16(9-3-13)20-11-10-17/h2-9,12,18-19H,11H2,1H3. The predicted octanol–water partition coefficient (Wildman–Crippen LogP) is 3.47. The van der Waals surface area contributed by atoms with Crippen LogP contribution in [0.25, 0.3) is 0 Å². The quantitative estimate of drug-likeness (QED) is 0.815. The van der Waals surface area contributed by atoms with E-state index in [2.05, 4.69) is 12.2 Å². The van der Waals surface area contributed by atoms with E-state index >= 15 is 0 Å². The lowest BCUT2D eigenvalue weighted by molar-refractivity contribution is 0.368. The molecule has 2 rings (SSSR count). The number of rotatable bonds is 5. The van der Waals surface area contributed by atoms with Crippen molar-refractivity contribution in [3.63, 3.8) is 0 Å². The lowest BCUT2D eigenvalue weighted by atomic mass is 10.1. The summed E-state index contributed by atoms with van der Waals surface area (Å²) in [4.78, 5) is 0. The van der Waals surface area contributed by atoms with Gasteiger partial charge in [-0.3, -0.25) is 0 Å². The zero-order valence-corrected chi connectivity index (χ0v) is 11.2. The Morgan fingerprint density at radius 2 is 1.80 bits per heavy atom. The summed E-state index contributed by atoms with van der Waals surface area (Å²) in [5.41, 5.74) is 2.06. The molecule has 4 heteroatoms. The molecule has 4 nitrogen and oxygen atoms in total. The van der Waals surface area contributed by atoms with E-state index in [0.717, 1.165) is 11.3 Å². The van der Waals surface area contributed by atoms with Gasteiger partial charge in [-0.1, -0.05) is 12.1 Å². The van der Waals surface area contributed by atoms with Crippen LogP contribution < -0.4 is 10.1 Å². The Balaban J connectivity index is 2.00. The number of phenols is 1. The first-order chi connectivity index (χ1) is 9.69. The Morgan fingerprint density at radius 3 is 2.40 bits per heavy atom. The molecular weight excluding hydrogens is 252 g/mol. The van der Waals surface area contributed by atoms with Gasteiger partial charge in [0, 0.05) is 11.7 Å². The first-order valence-electron chi connectivity index (χ1n) is 6.34. The maximum Gasteiger partial charge on any atom is 0.174 e. The zero-order valence-electron chi connectivity index (χ0n) is 11.2. The van der Waals surface area contributed by atoms with Crippen LogP contribution in [0.15, 0.2) is 48.5 Å². The molecule has 0 fully saturated rings. The molecule has 0 aliphatic heterocycles. The minimum absolute atomic E-state index is 0.0562. The number of phenolic OH excluding ortho intramolecular Hbond substituents is 1. The lowest BCUT2D eigenvalue weighted by Crippen LogP contribution is -2.06. The van der Waals surface area contributed by atoms with Crippen LogP contribution >= 0.6 is 0 Å². The minimum Gasteiger partial charge on any atom is -0.508 e. The van der Waals surface area contributed by atoms with Crippen molar-refractivity contribution in [2.45, 2.75) is 13.0 Å². The van der Waals surface area contributed by atoms with Crippen LogP contribution in [-0.2, 0) is 0 Å². The van der Waals surface area contributed by atoms with Crippen LogP contribution in [0.2, 0.25) is 0 Å². The molecule has 0 bridgehead atoms. The van der Waals surface area contributed by atoms with Gasteiger partial charge in [0.1, 0.15) is 17.6 Å². The van der Waals surface area contributed by atoms with Gasteiger partial charge in [0.25, 0.3) is 0 Å². The molecule has 0 spiro atoms. The van der Waals surface area contributed by atoms with E-state index in [4.69, 9.17) is 10.00 Å². The van der Waals surface area contributed by atoms with E-state index in [1.807, 2.05) is 42.5 Å². The predicted molar refractivity (Wildman–Crippen MR) is 77.7 cm³/mol. The SMILES string of the molecule is CC(Nc1ccc(O)cc1)c1ccc(OCC#N)cc1. The Bertz CT molecular complexity index is 585. The summed E-state index contributed by atoms with van der Waals surface area (Å²) >= 11 is 0. The average Bonchev–Trinajstić information content (AvgIpc) is 2.48. The first kappa shape index (κ1) is 13.8. The molecule has 2 aromatic rings. The molecule has 0 aliphatic carbocycles. The second-order valence-electron chi connectivity index (χ2n) is 4.43. The van der Waals surface area contributed by atoms with Crippen molar-refractivity contribution in [2.24, 2.45) is 0 Å². The third-order valence-corrected chi connectivity index (χ3v) is 2.93. The highest BCUT2D eigenvalue weighted by molar-refractivity contribution is 5.48. The summed E-state index contributed by atoms with van der Waals surface area (Å²) in [5, 5.41) is 21.0. The van der Waals surface area contributed by atoms with E-state index in [1.54, 1.807) is 12.1 Å². The number of aromatic hydroxyl groups is 1. The Kier molecular flexibility index (Phi) is 4.46. The fourth-order valence-corrected chi connectivity index (χ4v) is 1.86. The molecule has 0 amide bonds. The molecule has 2 aromatic carbocycles.